The molecule has 1 aliphatic rings. The largest absolute Gasteiger partial charge is 0.482 e. The summed E-state index contributed by atoms with van der Waals surface area (Å²) in [4.78, 5) is 11.2. The second-order valence-electron chi connectivity index (χ2n) is 3.68. The third kappa shape index (κ3) is 1.25. The maximum Gasteiger partial charge on any atom is 0.170 e. The summed E-state index contributed by atoms with van der Waals surface area (Å²) in [5, 5.41) is 0. The molecule has 0 spiro atoms. The number of nitrogens with two attached hydrogens (primary N) is 1. The second kappa shape index (κ2) is 3.01. The number of carbonyl (C=O) groups is 1. The van der Waals surface area contributed by atoms with Crippen LogP contribution in [0.4, 0.5) is 5.69 Å². The fourth-order valence-electron chi connectivity index (χ4n) is 1.72. The number of ketones is 1. The van der Waals surface area contributed by atoms with E-state index in [1.165, 1.54) is 0 Å². The molecule has 1 aliphatic heterocycles. The number of hydrogen-bond donors (Lipinski definition) is 1. The van der Waals surface area contributed by atoms with Gasteiger partial charge in [-0.15, -0.1) is 0 Å². The second-order valence-corrected chi connectivity index (χ2v) is 3.68. The number of ether oxygens (including phenoxy) is 1. The van der Waals surface area contributed by atoms with Crippen LogP contribution in [0.15, 0.2) is 12.1 Å². The van der Waals surface area contributed by atoms with E-state index in [0.29, 0.717) is 6.42 Å². The lowest BCUT2D eigenvalue weighted by molar-refractivity contribution is -0.122. The zero-order valence-corrected chi connectivity index (χ0v) is 8.33. The molecule has 0 saturated carbocycles. The topological polar surface area (TPSA) is 52.3 Å². The van der Waals surface area contributed by atoms with E-state index in [-0.39, 0.29) is 11.9 Å². The molecule has 3 nitrogen and oxygen atoms in total. The lowest BCUT2D eigenvalue weighted by Gasteiger charge is -2.05. The highest BCUT2D eigenvalue weighted by Gasteiger charge is 2.27. The molecule has 1 heterocycles. The van der Waals surface area contributed by atoms with Crippen LogP contribution >= 0.6 is 0 Å². The average Bonchev–Trinajstić information content (AvgIpc) is 2.56. The van der Waals surface area contributed by atoms with Crippen molar-refractivity contribution in [3.05, 3.63) is 23.3 Å². The maximum absolute atomic E-state index is 11.2. The van der Waals surface area contributed by atoms with Crippen LogP contribution in [0.5, 0.6) is 5.75 Å². The van der Waals surface area contributed by atoms with Gasteiger partial charge in [-0.1, -0.05) is 0 Å². The van der Waals surface area contributed by atoms with Gasteiger partial charge in [0.25, 0.3) is 0 Å². The zero-order valence-electron chi connectivity index (χ0n) is 8.33. The van der Waals surface area contributed by atoms with Gasteiger partial charge in [0, 0.05) is 17.7 Å². The summed E-state index contributed by atoms with van der Waals surface area (Å²) in [6, 6.07) is 3.65. The van der Waals surface area contributed by atoms with Crippen LogP contribution in [0, 0.1) is 6.92 Å². The summed E-state index contributed by atoms with van der Waals surface area (Å²) in [7, 11) is 0. The lowest BCUT2D eigenvalue weighted by atomic mass is 10.0. The Balaban J connectivity index is 2.40. The summed E-state index contributed by atoms with van der Waals surface area (Å²) in [5.74, 6) is 0.871. The summed E-state index contributed by atoms with van der Waals surface area (Å²) < 4.78 is 5.50. The first-order valence-corrected chi connectivity index (χ1v) is 4.64. The van der Waals surface area contributed by atoms with E-state index in [1.807, 2.05) is 19.1 Å². The molecule has 1 aromatic carbocycles. The number of rotatable bonds is 1. The van der Waals surface area contributed by atoms with Crippen LogP contribution in [-0.2, 0) is 11.2 Å². The first-order chi connectivity index (χ1) is 6.59. The first-order valence-electron chi connectivity index (χ1n) is 4.64. The van der Waals surface area contributed by atoms with Crippen LogP contribution in [0.1, 0.15) is 18.1 Å². The van der Waals surface area contributed by atoms with E-state index in [1.54, 1.807) is 6.92 Å². The Morgan fingerprint density at radius 1 is 1.57 bits per heavy atom. The number of carbonyl (C=O) groups excluding carboxylic acids is 1. The van der Waals surface area contributed by atoms with Gasteiger partial charge in [0.2, 0.25) is 0 Å². The minimum atomic E-state index is -0.314. The molecule has 3 heteroatoms. The molecule has 0 aromatic heterocycles. The quantitative estimate of drug-likeness (QED) is 0.684. The number of nitrogen functional groups attached to an aromatic ring is 1. The number of fused-ring (bicyclic) bond motifs is 1. The van der Waals surface area contributed by atoms with Gasteiger partial charge >= 0.3 is 0 Å². The van der Waals surface area contributed by atoms with Gasteiger partial charge in [0.05, 0.1) is 0 Å². The van der Waals surface area contributed by atoms with E-state index < -0.39 is 0 Å². The Labute approximate surface area is 82.9 Å². The molecule has 0 saturated heterocycles. The molecule has 1 unspecified atom stereocenters. The summed E-state index contributed by atoms with van der Waals surface area (Å²) >= 11 is 0. The standard InChI is InChI=1S/C11H13NO2/c1-6-8-5-11(7(2)13)14-10(8)4-3-9(6)12/h3-4,11H,5,12H2,1-2H3. The summed E-state index contributed by atoms with van der Waals surface area (Å²) in [5.41, 5.74) is 8.64. The van der Waals surface area contributed by atoms with Crippen LogP contribution in [-0.4, -0.2) is 11.9 Å². The average molecular weight is 191 g/mol. The molecule has 0 radical (unpaired) electrons. The predicted molar refractivity (Wildman–Crippen MR) is 54.4 cm³/mol. The molecule has 2 N–H and O–H groups in total. The number of hydrogen-bond acceptors (Lipinski definition) is 3. The van der Waals surface area contributed by atoms with E-state index in [4.69, 9.17) is 10.5 Å². The minimum absolute atomic E-state index is 0.0687. The highest BCUT2D eigenvalue weighted by Crippen LogP contribution is 2.34. The van der Waals surface area contributed by atoms with E-state index in [2.05, 4.69) is 0 Å². The Bertz CT molecular complexity index is 399. The SMILES string of the molecule is CC(=O)C1Cc2c(ccc(N)c2C)O1. The van der Waals surface area contributed by atoms with Crippen LogP contribution < -0.4 is 10.5 Å². The minimum Gasteiger partial charge on any atom is -0.482 e. The van der Waals surface area contributed by atoms with Crippen molar-refractivity contribution in [3.8, 4) is 5.75 Å². The highest BCUT2D eigenvalue weighted by molar-refractivity contribution is 5.82. The monoisotopic (exact) mass is 191 g/mol. The van der Waals surface area contributed by atoms with E-state index >= 15 is 0 Å². The van der Waals surface area contributed by atoms with Crippen LogP contribution in [0.25, 0.3) is 0 Å². The lowest BCUT2D eigenvalue weighted by Crippen LogP contribution is -2.22. The fourth-order valence-corrected chi connectivity index (χ4v) is 1.72. The van der Waals surface area contributed by atoms with Crippen molar-refractivity contribution in [1.29, 1.82) is 0 Å². The van der Waals surface area contributed by atoms with Gasteiger partial charge < -0.3 is 10.5 Å². The van der Waals surface area contributed by atoms with Crippen molar-refractivity contribution in [2.75, 3.05) is 5.73 Å². The molecule has 0 bridgehead atoms. The molecular formula is C11H13NO2. The van der Waals surface area contributed by atoms with E-state index in [0.717, 1.165) is 22.6 Å². The van der Waals surface area contributed by atoms with Crippen molar-refractivity contribution in [2.24, 2.45) is 0 Å². The van der Waals surface area contributed by atoms with Gasteiger partial charge in [-0.25, -0.2) is 0 Å². The van der Waals surface area contributed by atoms with Gasteiger partial charge in [-0.05, 0) is 31.5 Å². The molecule has 0 amide bonds. The van der Waals surface area contributed by atoms with Crippen molar-refractivity contribution in [1.82, 2.24) is 0 Å². The molecular weight excluding hydrogens is 178 g/mol. The van der Waals surface area contributed by atoms with Crippen LogP contribution in [0.3, 0.4) is 0 Å². The van der Waals surface area contributed by atoms with Crippen molar-refractivity contribution in [3.63, 3.8) is 0 Å². The number of anilines is 1. The molecule has 1 aromatic rings. The van der Waals surface area contributed by atoms with Gasteiger partial charge in [-0.3, -0.25) is 4.79 Å². The maximum atomic E-state index is 11.2. The Morgan fingerprint density at radius 3 is 2.93 bits per heavy atom. The van der Waals surface area contributed by atoms with Gasteiger partial charge in [0.15, 0.2) is 11.9 Å². The fraction of sp³-hybridized carbons (Fsp3) is 0.364. The molecule has 0 fully saturated rings. The molecule has 1 atom stereocenters. The number of benzene rings is 1. The Morgan fingerprint density at radius 2 is 2.29 bits per heavy atom. The Kier molecular flexibility index (Phi) is 1.95. The number of Topliss-reactive ketones (excluding diaryl/α,β-unsaturated/α-hetero) is 1. The first kappa shape index (κ1) is 9.06. The molecule has 14 heavy (non-hydrogen) atoms. The Hall–Kier alpha value is -1.51. The third-order valence-electron chi connectivity index (χ3n) is 2.71. The van der Waals surface area contributed by atoms with Gasteiger partial charge in [-0.2, -0.15) is 0 Å². The molecule has 0 aliphatic carbocycles. The van der Waals surface area contributed by atoms with Gasteiger partial charge in [0.1, 0.15) is 5.75 Å². The third-order valence-corrected chi connectivity index (χ3v) is 2.71. The van der Waals surface area contributed by atoms with Crippen molar-refractivity contribution < 1.29 is 9.53 Å². The summed E-state index contributed by atoms with van der Waals surface area (Å²) in [6.45, 7) is 3.51. The van der Waals surface area contributed by atoms with E-state index in [9.17, 15) is 4.79 Å². The smallest absolute Gasteiger partial charge is 0.170 e. The predicted octanol–water partition coefficient (Wildman–Crippen LogP) is 1.47. The molecule has 2 rings (SSSR count). The van der Waals surface area contributed by atoms with Crippen molar-refractivity contribution in [2.45, 2.75) is 26.4 Å². The summed E-state index contributed by atoms with van der Waals surface area (Å²) in [6.07, 6.45) is 0.340. The highest BCUT2D eigenvalue weighted by atomic mass is 16.5. The van der Waals surface area contributed by atoms with Crippen LogP contribution in [0.2, 0.25) is 0 Å². The normalized spacial score (nSPS) is 18.9. The zero-order chi connectivity index (χ0) is 10.3. The van der Waals surface area contributed by atoms with Crippen molar-refractivity contribution >= 4 is 11.5 Å². The molecule has 74 valence electrons.